The molecule has 1 unspecified atom stereocenters. The predicted molar refractivity (Wildman–Crippen MR) is 161 cm³/mol. The molecular formula is C33H40F3N3O4. The highest BCUT2D eigenvalue weighted by Gasteiger charge is 2.30. The summed E-state index contributed by atoms with van der Waals surface area (Å²) in [5, 5.41) is 12.4. The number of benzene rings is 2. The lowest BCUT2D eigenvalue weighted by Gasteiger charge is -2.26. The maximum Gasteiger partial charge on any atom is 0.305 e. The largest absolute Gasteiger partial charge is 0.481 e. The molecule has 2 aromatic carbocycles. The molecule has 10 heteroatoms. The third-order valence-corrected chi connectivity index (χ3v) is 7.38. The van der Waals surface area contributed by atoms with Crippen LogP contribution in [0, 0.1) is 44.1 Å². The number of carbonyl (C=O) groups excluding carboxylic acids is 1. The molecule has 3 aromatic rings. The lowest BCUT2D eigenvalue weighted by atomic mass is 9.90. The van der Waals surface area contributed by atoms with Gasteiger partial charge in [-0.25, -0.2) is 13.2 Å². The van der Waals surface area contributed by atoms with Gasteiger partial charge in [-0.2, -0.15) is 0 Å². The fourth-order valence-corrected chi connectivity index (χ4v) is 5.38. The fourth-order valence-electron chi connectivity index (χ4n) is 5.38. The van der Waals surface area contributed by atoms with E-state index in [1.165, 1.54) is 31.3 Å². The van der Waals surface area contributed by atoms with Crippen LogP contribution in [0.2, 0.25) is 0 Å². The maximum absolute atomic E-state index is 15.7. The Morgan fingerprint density at radius 3 is 2.16 bits per heavy atom. The zero-order chi connectivity index (χ0) is 32.2. The minimum Gasteiger partial charge on any atom is -0.481 e. The molecule has 7 nitrogen and oxygen atoms in total. The summed E-state index contributed by atoms with van der Waals surface area (Å²) in [6.45, 7) is 9.24. The molecule has 232 valence electrons. The Bertz CT molecular complexity index is 1540. The molecule has 1 aromatic heterocycles. The number of rotatable bonds is 12. The summed E-state index contributed by atoms with van der Waals surface area (Å²) >= 11 is 0. The Balaban J connectivity index is 2.11. The number of halogens is 3. The molecule has 1 heterocycles. The van der Waals surface area contributed by atoms with Gasteiger partial charge in [0.2, 0.25) is 5.91 Å². The molecule has 0 aliphatic heterocycles. The molecule has 0 saturated carbocycles. The second kappa shape index (κ2) is 14.0. The molecule has 0 aliphatic rings. The molecule has 0 spiro atoms. The van der Waals surface area contributed by atoms with Gasteiger partial charge in [-0.1, -0.05) is 13.8 Å². The van der Waals surface area contributed by atoms with E-state index in [-0.39, 0.29) is 23.5 Å². The third kappa shape index (κ3) is 8.34. The number of pyridine rings is 1. The molecule has 0 fully saturated rings. The molecule has 1 amide bonds. The van der Waals surface area contributed by atoms with Gasteiger partial charge in [0.25, 0.3) is 5.56 Å². The molecular weight excluding hydrogens is 559 g/mol. The van der Waals surface area contributed by atoms with Gasteiger partial charge < -0.3 is 19.9 Å². The molecule has 43 heavy (non-hydrogen) atoms. The van der Waals surface area contributed by atoms with Gasteiger partial charge in [0.05, 0.1) is 12.5 Å². The molecule has 0 aliphatic carbocycles. The van der Waals surface area contributed by atoms with Crippen LogP contribution in [-0.4, -0.2) is 47.1 Å². The van der Waals surface area contributed by atoms with Gasteiger partial charge >= 0.3 is 5.97 Å². The number of hydrogen-bond donors (Lipinski definition) is 2. The summed E-state index contributed by atoms with van der Waals surface area (Å²) in [7, 11) is 3.72. The molecule has 0 radical (unpaired) electrons. The zero-order valence-corrected chi connectivity index (χ0v) is 25.7. The van der Waals surface area contributed by atoms with Gasteiger partial charge in [0.15, 0.2) is 5.82 Å². The van der Waals surface area contributed by atoms with E-state index in [0.717, 1.165) is 10.6 Å². The number of aromatic nitrogens is 1. The summed E-state index contributed by atoms with van der Waals surface area (Å²) in [5.74, 6) is -4.22. The van der Waals surface area contributed by atoms with Crippen LogP contribution in [0.5, 0.6) is 0 Å². The lowest BCUT2D eigenvalue weighted by Crippen LogP contribution is -2.41. The highest BCUT2D eigenvalue weighted by atomic mass is 19.1. The average molecular weight is 600 g/mol. The smallest absolute Gasteiger partial charge is 0.305 e. The van der Waals surface area contributed by atoms with E-state index in [1.54, 1.807) is 19.9 Å². The maximum atomic E-state index is 15.7. The Hall–Kier alpha value is -3.92. The minimum absolute atomic E-state index is 0.0598. The number of carboxylic acid groups (broad SMARTS) is 1. The summed E-state index contributed by atoms with van der Waals surface area (Å²) in [6.07, 6.45) is 1.39. The normalized spacial score (nSPS) is 12.9. The number of hydrogen-bond acceptors (Lipinski definition) is 4. The number of carbonyl (C=O) groups is 2. The molecule has 0 bridgehead atoms. The molecule has 3 rings (SSSR count). The zero-order valence-electron chi connectivity index (χ0n) is 25.7. The number of likely N-dealkylation sites (N-methyl/N-ethyl adjacent to an activating group) is 1. The second-order valence-electron chi connectivity index (χ2n) is 11.9. The number of carboxylic acids is 1. The highest BCUT2D eigenvalue weighted by molar-refractivity contribution is 5.82. The van der Waals surface area contributed by atoms with Crippen LogP contribution < -0.4 is 10.9 Å². The Morgan fingerprint density at radius 2 is 1.60 bits per heavy atom. The Morgan fingerprint density at radius 1 is 0.977 bits per heavy atom. The van der Waals surface area contributed by atoms with Gasteiger partial charge in [-0.3, -0.25) is 14.4 Å². The van der Waals surface area contributed by atoms with Crippen LogP contribution in [-0.2, 0) is 16.0 Å². The second-order valence-corrected chi connectivity index (χ2v) is 11.9. The molecule has 2 atom stereocenters. The van der Waals surface area contributed by atoms with Crippen LogP contribution in [0.3, 0.4) is 0 Å². The number of aryl methyl sites for hydroxylation is 3. The topological polar surface area (TPSA) is 91.6 Å². The van der Waals surface area contributed by atoms with E-state index in [1.807, 2.05) is 32.8 Å². The van der Waals surface area contributed by atoms with Crippen LogP contribution in [0.1, 0.15) is 66.6 Å². The van der Waals surface area contributed by atoms with E-state index in [2.05, 4.69) is 5.32 Å². The van der Waals surface area contributed by atoms with Crippen molar-refractivity contribution in [3.8, 4) is 11.1 Å². The first kappa shape index (κ1) is 33.6. The van der Waals surface area contributed by atoms with E-state index >= 15 is 4.39 Å². The number of aliphatic carboxylic acids is 1. The average Bonchev–Trinajstić information content (AvgIpc) is 2.88. The standard InChI is InChI=1S/C33H40F3N3O4/c1-18(2)10-28(39-17-22(8-9-38(6)7)14-26(35)33(39)43)32(42)37-27(16-29(40)41)25-15-23(11-21(5)31(25)36)30-19(3)12-24(34)13-20(30)4/h11-15,17-18,27-28H,8-10,16H2,1-7H3,(H,37,42)(H,40,41)/t27-,28?/m0/s1. The van der Waals surface area contributed by atoms with Crippen molar-refractivity contribution in [2.24, 2.45) is 5.92 Å². The quantitative estimate of drug-likeness (QED) is 0.271. The van der Waals surface area contributed by atoms with Crippen LogP contribution in [0.4, 0.5) is 13.2 Å². The van der Waals surface area contributed by atoms with E-state index in [9.17, 15) is 28.3 Å². The van der Waals surface area contributed by atoms with Crippen molar-refractivity contribution in [1.82, 2.24) is 14.8 Å². The van der Waals surface area contributed by atoms with E-state index in [0.29, 0.717) is 40.8 Å². The van der Waals surface area contributed by atoms with Crippen molar-refractivity contribution in [1.29, 1.82) is 0 Å². The van der Waals surface area contributed by atoms with Gasteiger partial charge in [0.1, 0.15) is 17.7 Å². The first-order chi connectivity index (χ1) is 20.1. The number of nitrogens with one attached hydrogen (secondary N) is 1. The summed E-state index contributed by atoms with van der Waals surface area (Å²) in [5.41, 5.74) is 2.13. The Labute approximate surface area is 250 Å². The van der Waals surface area contributed by atoms with Gasteiger partial charge in [-0.05, 0) is 117 Å². The van der Waals surface area contributed by atoms with Crippen LogP contribution in [0.15, 0.2) is 41.3 Å². The first-order valence-electron chi connectivity index (χ1n) is 14.2. The predicted octanol–water partition coefficient (Wildman–Crippen LogP) is 5.88. The summed E-state index contributed by atoms with van der Waals surface area (Å²) in [4.78, 5) is 40.6. The number of nitrogens with zero attached hydrogens (tertiary/aromatic N) is 2. The fraction of sp³-hybridized carbons (Fsp3) is 0.424. The van der Waals surface area contributed by atoms with Crippen molar-refractivity contribution in [2.45, 2.75) is 66.0 Å². The lowest BCUT2D eigenvalue weighted by molar-refractivity contribution is -0.138. The van der Waals surface area contributed by atoms with Crippen LogP contribution >= 0.6 is 0 Å². The summed E-state index contributed by atoms with van der Waals surface area (Å²) in [6, 6.07) is 4.45. The van der Waals surface area contributed by atoms with E-state index in [4.69, 9.17) is 0 Å². The Kier molecular flexibility index (Phi) is 11.0. The van der Waals surface area contributed by atoms with Gasteiger partial charge in [0, 0.05) is 18.3 Å². The van der Waals surface area contributed by atoms with Crippen molar-refractivity contribution in [3.05, 3.63) is 92.2 Å². The van der Waals surface area contributed by atoms with Crippen molar-refractivity contribution in [2.75, 3.05) is 20.6 Å². The van der Waals surface area contributed by atoms with Crippen molar-refractivity contribution < 1.29 is 27.9 Å². The monoisotopic (exact) mass is 599 g/mol. The van der Waals surface area contributed by atoms with Crippen molar-refractivity contribution >= 4 is 11.9 Å². The minimum atomic E-state index is -1.31. The van der Waals surface area contributed by atoms with E-state index < -0.39 is 53.4 Å². The SMILES string of the molecule is Cc1cc(-c2c(C)cc(F)cc2C)cc([C@H](CC(=O)O)NC(=O)C(CC(C)C)n2cc(CCN(C)C)cc(F)c2=O)c1F. The van der Waals surface area contributed by atoms with Crippen molar-refractivity contribution in [3.63, 3.8) is 0 Å². The molecule has 0 saturated heterocycles. The van der Waals surface area contributed by atoms with Crippen LogP contribution in [0.25, 0.3) is 11.1 Å². The third-order valence-electron chi connectivity index (χ3n) is 7.38. The van der Waals surface area contributed by atoms with Gasteiger partial charge in [-0.15, -0.1) is 0 Å². The highest BCUT2D eigenvalue weighted by Crippen LogP contribution is 2.34. The number of amides is 1. The first-order valence-corrected chi connectivity index (χ1v) is 14.2. The summed E-state index contributed by atoms with van der Waals surface area (Å²) < 4.78 is 45.5. The molecule has 2 N–H and O–H groups in total.